The first kappa shape index (κ1) is 33.0. The number of nitrogens with zero attached hydrogens (tertiary/aromatic N) is 5. The molecule has 5 rings (SSSR count). The van der Waals surface area contributed by atoms with Crippen molar-refractivity contribution in [1.82, 2.24) is 40.7 Å². The summed E-state index contributed by atoms with van der Waals surface area (Å²) in [6.45, 7) is 8.11. The van der Waals surface area contributed by atoms with Crippen molar-refractivity contribution in [3.63, 3.8) is 0 Å². The van der Waals surface area contributed by atoms with Crippen molar-refractivity contribution in [2.24, 2.45) is 0 Å². The monoisotopic (exact) mass is 656 g/mol. The number of ether oxygens (including phenoxy) is 1. The molecule has 16 heteroatoms. The molecule has 2 aliphatic heterocycles. The van der Waals surface area contributed by atoms with Crippen molar-refractivity contribution in [2.75, 3.05) is 50.8 Å². The zero-order chi connectivity index (χ0) is 32.8. The minimum Gasteiger partial charge on any atom is -0.484 e. The molecule has 8 N–H and O–H groups in total. The SMILES string of the molecule is CCNC(=O)N1CCC(n2c(CNC(=O)c3nc(Cl)c(N)nc3N)[n+](CC)c3ccc(OCC(=O)NC4CCNCC4)cc32)CC1. The number of benzene rings is 1. The van der Waals surface area contributed by atoms with Gasteiger partial charge in [-0.05, 0) is 51.9 Å². The van der Waals surface area contributed by atoms with Crippen LogP contribution in [0.3, 0.4) is 0 Å². The Labute approximate surface area is 272 Å². The van der Waals surface area contributed by atoms with Crippen molar-refractivity contribution in [3.8, 4) is 5.75 Å². The minimum atomic E-state index is -0.541. The van der Waals surface area contributed by atoms with Crippen molar-refractivity contribution < 1.29 is 23.7 Å². The second kappa shape index (κ2) is 14.8. The number of fused-ring (bicyclic) bond motifs is 1. The Morgan fingerprint density at radius 3 is 2.50 bits per heavy atom. The fraction of sp³-hybridized carbons (Fsp3) is 0.533. The average Bonchev–Trinajstić information content (AvgIpc) is 3.37. The lowest BCUT2D eigenvalue weighted by Gasteiger charge is -2.31. The van der Waals surface area contributed by atoms with E-state index in [0.717, 1.165) is 42.8 Å². The van der Waals surface area contributed by atoms with Gasteiger partial charge in [0.25, 0.3) is 17.6 Å². The van der Waals surface area contributed by atoms with Crippen LogP contribution in [0.1, 0.15) is 61.9 Å². The van der Waals surface area contributed by atoms with Crippen LogP contribution in [-0.4, -0.2) is 82.7 Å². The molecule has 4 amide bonds. The number of aryl methyl sites for hydroxylation is 1. The number of aromatic nitrogens is 4. The van der Waals surface area contributed by atoms with Gasteiger partial charge in [-0.15, -0.1) is 0 Å². The Kier molecular flexibility index (Phi) is 10.6. The standard InChI is InChI=1S/C30H42ClN11O4/c1-3-35-30(45)40-13-9-19(10-14-40)42-22-15-20(46-17-23(43)37-18-7-11-34-12-8-18)5-6-21(22)41(4-2)24(42)16-36-29(44)25-27(32)39-28(33)26(31)38-25/h5-6,15,18-19,34H,3-4,7-14,16-17H2,1-2H3,(H6-,32,33,35,36,37,39,43,44,45)/p+1. The van der Waals surface area contributed by atoms with E-state index in [0.29, 0.717) is 44.8 Å². The largest absolute Gasteiger partial charge is 0.484 e. The van der Waals surface area contributed by atoms with Crippen LogP contribution in [0.15, 0.2) is 18.2 Å². The molecule has 0 spiro atoms. The highest BCUT2D eigenvalue weighted by molar-refractivity contribution is 6.31. The Hall–Kier alpha value is -4.37. The number of amides is 4. The first-order valence-electron chi connectivity index (χ1n) is 15.8. The summed E-state index contributed by atoms with van der Waals surface area (Å²) < 4.78 is 10.3. The third kappa shape index (κ3) is 7.36. The van der Waals surface area contributed by atoms with Gasteiger partial charge < -0.3 is 42.4 Å². The molecule has 248 valence electrons. The first-order valence-corrected chi connectivity index (χ1v) is 16.2. The summed E-state index contributed by atoms with van der Waals surface area (Å²) in [5.41, 5.74) is 13.4. The molecule has 0 aliphatic carbocycles. The van der Waals surface area contributed by atoms with Gasteiger partial charge in [-0.1, -0.05) is 11.6 Å². The highest BCUT2D eigenvalue weighted by Gasteiger charge is 2.34. The number of nitrogen functional groups attached to an aromatic ring is 2. The Bertz CT molecular complexity index is 1580. The molecule has 2 saturated heterocycles. The van der Waals surface area contributed by atoms with Crippen LogP contribution >= 0.6 is 11.6 Å². The highest BCUT2D eigenvalue weighted by atomic mass is 35.5. The van der Waals surface area contributed by atoms with Gasteiger partial charge in [-0.25, -0.2) is 23.9 Å². The van der Waals surface area contributed by atoms with Crippen molar-refractivity contribution in [1.29, 1.82) is 0 Å². The molecule has 3 aromatic rings. The summed E-state index contributed by atoms with van der Waals surface area (Å²) in [5.74, 6) is 0.534. The molecule has 0 atom stereocenters. The Balaban J connectivity index is 1.42. The third-order valence-corrected chi connectivity index (χ3v) is 8.73. The van der Waals surface area contributed by atoms with Gasteiger partial charge >= 0.3 is 6.03 Å². The van der Waals surface area contributed by atoms with Crippen LogP contribution in [0, 0.1) is 0 Å². The van der Waals surface area contributed by atoms with Crippen LogP contribution in [-0.2, 0) is 17.9 Å². The fourth-order valence-electron chi connectivity index (χ4n) is 6.19. The number of carbonyl (C=O) groups is 3. The predicted molar refractivity (Wildman–Crippen MR) is 173 cm³/mol. The lowest BCUT2D eigenvalue weighted by Crippen LogP contribution is -2.45. The van der Waals surface area contributed by atoms with Crippen molar-refractivity contribution in [2.45, 2.75) is 64.7 Å². The van der Waals surface area contributed by atoms with E-state index in [-0.39, 0.29) is 59.7 Å². The van der Waals surface area contributed by atoms with Gasteiger partial charge in [0.15, 0.2) is 40.1 Å². The van der Waals surface area contributed by atoms with Gasteiger partial charge in [-0.2, -0.15) is 0 Å². The van der Waals surface area contributed by atoms with Gasteiger partial charge in [-0.3, -0.25) is 9.59 Å². The number of hydrogen-bond donors (Lipinski definition) is 6. The molecule has 0 bridgehead atoms. The van der Waals surface area contributed by atoms with Crippen LogP contribution in [0.25, 0.3) is 11.0 Å². The topological polar surface area (TPSA) is 198 Å². The number of carbonyl (C=O) groups excluding carboxylic acids is 3. The molecule has 2 fully saturated rings. The van der Waals surface area contributed by atoms with E-state index in [4.69, 9.17) is 27.8 Å². The number of piperidine rings is 2. The molecule has 2 aromatic heterocycles. The summed E-state index contributed by atoms with van der Waals surface area (Å²) in [4.78, 5) is 48.2. The quantitative estimate of drug-likeness (QED) is 0.173. The maximum Gasteiger partial charge on any atom is 0.317 e. The van der Waals surface area contributed by atoms with Gasteiger partial charge in [0.2, 0.25) is 0 Å². The number of nitrogens with one attached hydrogen (secondary N) is 4. The molecule has 0 radical (unpaired) electrons. The van der Waals surface area contributed by atoms with E-state index in [2.05, 4.69) is 40.4 Å². The Morgan fingerprint density at radius 1 is 1.07 bits per heavy atom. The smallest absolute Gasteiger partial charge is 0.317 e. The van der Waals surface area contributed by atoms with Crippen molar-refractivity contribution >= 4 is 52.1 Å². The number of rotatable bonds is 10. The third-order valence-electron chi connectivity index (χ3n) is 8.45. The lowest BCUT2D eigenvalue weighted by molar-refractivity contribution is -0.676. The molecule has 4 heterocycles. The van der Waals surface area contributed by atoms with E-state index in [1.807, 2.05) is 36.9 Å². The van der Waals surface area contributed by atoms with Gasteiger partial charge in [0.05, 0.1) is 6.54 Å². The molecule has 2 aliphatic rings. The number of hydrogen-bond acceptors (Lipinski definition) is 9. The minimum absolute atomic E-state index is 0.0298. The molecule has 15 nitrogen and oxygen atoms in total. The average molecular weight is 657 g/mol. The maximum absolute atomic E-state index is 13.2. The number of anilines is 2. The molecule has 0 unspecified atom stereocenters. The summed E-state index contributed by atoms with van der Waals surface area (Å²) in [5, 5.41) is 12.1. The predicted octanol–water partition coefficient (Wildman–Crippen LogP) is 1.10. The maximum atomic E-state index is 13.2. The summed E-state index contributed by atoms with van der Waals surface area (Å²) >= 11 is 6.02. The number of likely N-dealkylation sites (tertiary alicyclic amines) is 1. The highest BCUT2D eigenvalue weighted by Crippen LogP contribution is 2.31. The molecular formula is C30H43ClN11O4+. The van der Waals surface area contributed by atoms with E-state index in [1.165, 1.54) is 0 Å². The van der Waals surface area contributed by atoms with E-state index in [9.17, 15) is 14.4 Å². The summed E-state index contributed by atoms with van der Waals surface area (Å²) in [6, 6.07) is 5.85. The second-order valence-corrected chi connectivity index (χ2v) is 11.8. The Morgan fingerprint density at radius 2 is 1.80 bits per heavy atom. The number of halogens is 1. The second-order valence-electron chi connectivity index (χ2n) is 11.4. The number of imidazole rings is 1. The molecule has 46 heavy (non-hydrogen) atoms. The van der Waals surface area contributed by atoms with E-state index < -0.39 is 5.91 Å². The molecular weight excluding hydrogens is 614 g/mol. The first-order chi connectivity index (χ1) is 22.2. The zero-order valence-electron chi connectivity index (χ0n) is 26.3. The number of urea groups is 1. The summed E-state index contributed by atoms with van der Waals surface area (Å²) in [7, 11) is 0. The van der Waals surface area contributed by atoms with Crippen LogP contribution in [0.4, 0.5) is 16.4 Å². The molecule has 0 saturated carbocycles. The summed E-state index contributed by atoms with van der Waals surface area (Å²) in [6.07, 6.45) is 3.21. The van der Waals surface area contributed by atoms with Crippen molar-refractivity contribution in [3.05, 3.63) is 34.9 Å². The number of nitrogens with two attached hydrogens (primary N) is 2. The van der Waals surface area contributed by atoms with Gasteiger partial charge in [0.1, 0.15) is 18.3 Å². The van der Waals surface area contributed by atoms with E-state index >= 15 is 0 Å². The van der Waals surface area contributed by atoms with E-state index in [1.54, 1.807) is 0 Å². The fourth-order valence-corrected chi connectivity index (χ4v) is 6.32. The van der Waals surface area contributed by atoms with Crippen LogP contribution < -0.4 is 42.0 Å². The normalized spacial score (nSPS) is 15.9. The lowest BCUT2D eigenvalue weighted by atomic mass is 10.0. The molecule has 1 aromatic carbocycles. The van der Waals surface area contributed by atoms with Crippen LogP contribution in [0.2, 0.25) is 5.15 Å². The zero-order valence-corrected chi connectivity index (χ0v) is 27.0. The van der Waals surface area contributed by atoms with Gasteiger partial charge in [0, 0.05) is 44.6 Å². The van der Waals surface area contributed by atoms with Crippen LogP contribution in [0.5, 0.6) is 5.75 Å².